The molecule has 37 heavy (non-hydrogen) atoms. The molecule has 0 aliphatic heterocycles. The number of methoxy groups -OCH3 is 1. The molecule has 0 saturated carbocycles. The lowest BCUT2D eigenvalue weighted by Gasteiger charge is -2.14. The van der Waals surface area contributed by atoms with Crippen LogP contribution in [0.5, 0.6) is 17.2 Å². The minimum Gasteiger partial charge on any atom is -0.494 e. The summed E-state index contributed by atoms with van der Waals surface area (Å²) in [7, 11) is 1.51. The van der Waals surface area contributed by atoms with Crippen LogP contribution in [0.25, 0.3) is 0 Å². The number of carbonyl (C=O) groups is 2. The van der Waals surface area contributed by atoms with E-state index >= 15 is 0 Å². The summed E-state index contributed by atoms with van der Waals surface area (Å²) in [6.07, 6.45) is 1.03. The van der Waals surface area contributed by atoms with Gasteiger partial charge in [-0.25, -0.2) is 5.43 Å². The minimum atomic E-state index is -0.564. The van der Waals surface area contributed by atoms with E-state index in [4.69, 9.17) is 37.4 Å². The average molecular weight is 609 g/mol. The molecular formula is C26H24BrCl2N3O5. The largest absolute Gasteiger partial charge is 0.494 e. The van der Waals surface area contributed by atoms with Crippen molar-refractivity contribution in [1.82, 2.24) is 5.43 Å². The van der Waals surface area contributed by atoms with Crippen LogP contribution in [-0.2, 0) is 16.2 Å². The second kappa shape index (κ2) is 13.9. The number of nitrogens with zero attached hydrogens (tertiary/aromatic N) is 1. The molecule has 0 aliphatic carbocycles. The van der Waals surface area contributed by atoms with Crippen LogP contribution in [-0.4, -0.2) is 31.7 Å². The maximum absolute atomic E-state index is 12.1. The lowest BCUT2D eigenvalue weighted by molar-refractivity contribution is -0.126. The number of carbonyl (C=O) groups excluding carboxylic acids is 2. The predicted octanol–water partition coefficient (Wildman–Crippen LogP) is 6.22. The van der Waals surface area contributed by atoms with Gasteiger partial charge in [0.15, 0.2) is 11.5 Å². The molecule has 0 fully saturated rings. The van der Waals surface area contributed by atoms with Crippen LogP contribution in [0.15, 0.2) is 64.2 Å². The van der Waals surface area contributed by atoms with E-state index in [-0.39, 0.29) is 6.61 Å². The number of rotatable bonds is 11. The highest BCUT2D eigenvalue weighted by Crippen LogP contribution is 2.37. The second-order valence-corrected chi connectivity index (χ2v) is 9.23. The summed E-state index contributed by atoms with van der Waals surface area (Å²) >= 11 is 15.6. The summed E-state index contributed by atoms with van der Waals surface area (Å²) in [6, 6.07) is 15.5. The normalized spacial score (nSPS) is 10.7. The molecule has 0 aliphatic rings. The van der Waals surface area contributed by atoms with Gasteiger partial charge in [-0.1, -0.05) is 29.3 Å². The molecule has 0 heterocycles. The van der Waals surface area contributed by atoms with Crippen molar-refractivity contribution < 1.29 is 23.8 Å². The number of benzene rings is 3. The standard InChI is InChI=1S/C26H24BrCl2N3O5/c1-3-36-20-8-6-19(7-9-20)31-24(33)13-25(34)32-30-14-16-10-21(27)26(23(11-16)35-2)37-15-17-4-5-18(28)12-22(17)29/h4-12,14H,3,13,15H2,1-2H3,(H,31,33)(H,32,34). The smallest absolute Gasteiger partial charge is 0.249 e. The first-order chi connectivity index (χ1) is 17.8. The van der Waals surface area contributed by atoms with Gasteiger partial charge in [0.25, 0.3) is 0 Å². The van der Waals surface area contributed by atoms with Crippen LogP contribution >= 0.6 is 39.1 Å². The lowest BCUT2D eigenvalue weighted by Crippen LogP contribution is -2.24. The molecule has 0 atom stereocenters. The van der Waals surface area contributed by atoms with E-state index in [0.29, 0.717) is 49.6 Å². The Morgan fingerprint density at radius 1 is 1.03 bits per heavy atom. The molecule has 0 radical (unpaired) electrons. The Kier molecular flexibility index (Phi) is 10.6. The number of ether oxygens (including phenoxy) is 3. The number of hydrogen-bond acceptors (Lipinski definition) is 6. The van der Waals surface area contributed by atoms with Gasteiger partial charge in [-0.2, -0.15) is 5.10 Å². The Bertz CT molecular complexity index is 1290. The van der Waals surface area contributed by atoms with Gasteiger partial charge in [-0.3, -0.25) is 9.59 Å². The second-order valence-electron chi connectivity index (χ2n) is 7.53. The third kappa shape index (κ3) is 8.66. The minimum absolute atomic E-state index is 0.202. The highest BCUT2D eigenvalue weighted by molar-refractivity contribution is 9.10. The average Bonchev–Trinajstić information content (AvgIpc) is 2.85. The summed E-state index contributed by atoms with van der Waals surface area (Å²) in [5.41, 5.74) is 4.29. The van der Waals surface area contributed by atoms with Crippen molar-refractivity contribution in [1.29, 1.82) is 0 Å². The Balaban J connectivity index is 1.55. The molecule has 2 N–H and O–H groups in total. The van der Waals surface area contributed by atoms with Crippen LogP contribution in [0.4, 0.5) is 5.69 Å². The van der Waals surface area contributed by atoms with Gasteiger partial charge in [0.05, 0.1) is 24.4 Å². The predicted molar refractivity (Wildman–Crippen MR) is 148 cm³/mol. The molecule has 0 bridgehead atoms. The SMILES string of the molecule is CCOc1ccc(NC(=O)CC(=O)NN=Cc2cc(Br)c(OCc3ccc(Cl)cc3Cl)c(OC)c2)cc1. The zero-order valence-electron chi connectivity index (χ0n) is 20.0. The fourth-order valence-electron chi connectivity index (χ4n) is 3.11. The first-order valence-electron chi connectivity index (χ1n) is 11.1. The third-order valence-electron chi connectivity index (χ3n) is 4.81. The monoisotopic (exact) mass is 607 g/mol. The highest BCUT2D eigenvalue weighted by Gasteiger charge is 2.13. The molecule has 0 unspecified atom stereocenters. The van der Waals surface area contributed by atoms with Crippen molar-refractivity contribution in [3.63, 3.8) is 0 Å². The molecule has 3 rings (SSSR count). The molecule has 3 aromatic rings. The first-order valence-corrected chi connectivity index (χ1v) is 12.6. The van der Waals surface area contributed by atoms with Crippen LogP contribution < -0.4 is 25.0 Å². The number of amides is 2. The maximum Gasteiger partial charge on any atom is 0.249 e. The Labute approximate surface area is 233 Å². The summed E-state index contributed by atoms with van der Waals surface area (Å²) in [5.74, 6) is 0.582. The number of nitrogens with one attached hydrogen (secondary N) is 2. The van der Waals surface area contributed by atoms with Crippen molar-refractivity contribution in [2.75, 3.05) is 19.0 Å². The number of halogens is 3. The molecule has 0 spiro atoms. The van der Waals surface area contributed by atoms with Crippen LogP contribution in [0.1, 0.15) is 24.5 Å². The van der Waals surface area contributed by atoms with E-state index in [1.54, 1.807) is 54.6 Å². The van der Waals surface area contributed by atoms with E-state index in [1.807, 2.05) is 6.92 Å². The van der Waals surface area contributed by atoms with E-state index in [9.17, 15) is 9.59 Å². The molecule has 3 aromatic carbocycles. The van der Waals surface area contributed by atoms with Crippen molar-refractivity contribution in [3.8, 4) is 17.2 Å². The molecule has 2 amide bonds. The number of hydrazone groups is 1. The van der Waals surface area contributed by atoms with Crippen LogP contribution in [0.3, 0.4) is 0 Å². The van der Waals surface area contributed by atoms with Gasteiger partial charge in [0, 0.05) is 21.3 Å². The van der Waals surface area contributed by atoms with E-state index in [2.05, 4.69) is 31.8 Å². The summed E-state index contributed by atoms with van der Waals surface area (Å²) in [4.78, 5) is 24.2. The highest BCUT2D eigenvalue weighted by atomic mass is 79.9. The van der Waals surface area contributed by atoms with Gasteiger partial charge in [0.2, 0.25) is 11.8 Å². The zero-order valence-corrected chi connectivity index (χ0v) is 23.1. The zero-order chi connectivity index (χ0) is 26.8. The number of anilines is 1. The van der Waals surface area contributed by atoms with Gasteiger partial charge in [-0.05, 0) is 76.9 Å². The Morgan fingerprint density at radius 2 is 1.78 bits per heavy atom. The van der Waals surface area contributed by atoms with Gasteiger partial charge in [0.1, 0.15) is 18.8 Å². The Morgan fingerprint density at radius 3 is 2.46 bits per heavy atom. The van der Waals surface area contributed by atoms with Crippen molar-refractivity contribution in [2.24, 2.45) is 5.10 Å². The number of hydrogen-bond donors (Lipinski definition) is 2. The topological polar surface area (TPSA) is 98.2 Å². The summed E-state index contributed by atoms with van der Waals surface area (Å²) in [6.45, 7) is 2.64. The molecule has 8 nitrogen and oxygen atoms in total. The fourth-order valence-corrected chi connectivity index (χ4v) is 4.15. The molecule has 0 saturated heterocycles. The van der Waals surface area contributed by atoms with Crippen molar-refractivity contribution in [3.05, 3.63) is 80.2 Å². The molecule has 0 aromatic heterocycles. The Hall–Kier alpha value is -3.27. The van der Waals surface area contributed by atoms with Gasteiger partial charge >= 0.3 is 0 Å². The van der Waals surface area contributed by atoms with Gasteiger partial charge in [-0.15, -0.1) is 0 Å². The summed E-state index contributed by atoms with van der Waals surface area (Å²) in [5, 5.41) is 7.61. The van der Waals surface area contributed by atoms with E-state index < -0.39 is 18.2 Å². The fraction of sp³-hybridized carbons (Fsp3) is 0.192. The lowest BCUT2D eigenvalue weighted by atomic mass is 10.2. The third-order valence-corrected chi connectivity index (χ3v) is 5.99. The van der Waals surface area contributed by atoms with Crippen molar-refractivity contribution >= 4 is 62.8 Å². The van der Waals surface area contributed by atoms with Gasteiger partial charge < -0.3 is 19.5 Å². The molecule has 11 heteroatoms. The van der Waals surface area contributed by atoms with E-state index in [1.165, 1.54) is 13.3 Å². The van der Waals surface area contributed by atoms with Crippen molar-refractivity contribution in [2.45, 2.75) is 20.0 Å². The molecule has 194 valence electrons. The molecular weight excluding hydrogens is 585 g/mol. The van der Waals surface area contributed by atoms with Crippen LogP contribution in [0, 0.1) is 0 Å². The quantitative estimate of drug-likeness (QED) is 0.153. The first kappa shape index (κ1) is 28.3. The summed E-state index contributed by atoms with van der Waals surface area (Å²) < 4.78 is 17.3. The van der Waals surface area contributed by atoms with Crippen LogP contribution in [0.2, 0.25) is 10.0 Å². The van der Waals surface area contributed by atoms with E-state index in [0.717, 1.165) is 5.56 Å². The maximum atomic E-state index is 12.1.